The fraction of sp³-hybridized carbons (Fsp3) is 0.733. The van der Waals surface area contributed by atoms with Crippen molar-refractivity contribution < 1.29 is 19.5 Å². The van der Waals surface area contributed by atoms with E-state index in [1.165, 1.54) is 0 Å². The third-order valence-electron chi connectivity index (χ3n) is 3.72. The normalized spacial score (nSPS) is 21.4. The first kappa shape index (κ1) is 17.5. The highest BCUT2D eigenvalue weighted by atomic mass is 16.4. The van der Waals surface area contributed by atoms with Crippen molar-refractivity contribution in [1.82, 2.24) is 0 Å². The van der Waals surface area contributed by atoms with Gasteiger partial charge in [-0.25, -0.2) is 0 Å². The Kier molecular flexibility index (Phi) is 5.78. The standard InChI is InChI=1S/C15H24N2O4/c1-9(17-6-4-5-10(16)14(20)21)13-11(18)7-15(2,3)8-12(13)19/h10,13H,4-8,16H2,1-3H3,(H,20,21)/t10-/m1/s1. The van der Waals surface area contributed by atoms with Gasteiger partial charge in [-0.15, -0.1) is 0 Å². The Morgan fingerprint density at radius 1 is 1.38 bits per heavy atom. The lowest BCUT2D eigenvalue weighted by Gasteiger charge is -2.31. The molecule has 6 heteroatoms. The van der Waals surface area contributed by atoms with Crippen LogP contribution in [-0.4, -0.2) is 40.9 Å². The summed E-state index contributed by atoms with van der Waals surface area (Å²) in [7, 11) is 0. The predicted octanol–water partition coefficient (Wildman–Crippen LogP) is 1.21. The number of hydrogen-bond donors (Lipinski definition) is 2. The Morgan fingerprint density at radius 2 is 1.90 bits per heavy atom. The zero-order chi connectivity index (χ0) is 16.2. The zero-order valence-electron chi connectivity index (χ0n) is 12.9. The number of nitrogens with zero attached hydrogens (tertiary/aromatic N) is 1. The van der Waals surface area contributed by atoms with E-state index in [9.17, 15) is 14.4 Å². The van der Waals surface area contributed by atoms with Gasteiger partial charge in [-0.05, 0) is 25.2 Å². The Bertz CT molecular complexity index is 448. The summed E-state index contributed by atoms with van der Waals surface area (Å²) in [5.41, 5.74) is 5.66. The van der Waals surface area contributed by atoms with E-state index >= 15 is 0 Å². The maximum absolute atomic E-state index is 12.1. The lowest BCUT2D eigenvalue weighted by atomic mass is 9.70. The van der Waals surface area contributed by atoms with E-state index in [4.69, 9.17) is 10.8 Å². The van der Waals surface area contributed by atoms with Crippen LogP contribution in [0.4, 0.5) is 0 Å². The van der Waals surface area contributed by atoms with Crippen molar-refractivity contribution in [3.63, 3.8) is 0 Å². The molecular weight excluding hydrogens is 272 g/mol. The molecule has 0 spiro atoms. The third kappa shape index (κ3) is 5.04. The van der Waals surface area contributed by atoms with Gasteiger partial charge in [0, 0.05) is 25.1 Å². The van der Waals surface area contributed by atoms with Crippen LogP contribution in [0.15, 0.2) is 4.99 Å². The lowest BCUT2D eigenvalue weighted by Crippen LogP contribution is -2.41. The molecule has 0 unspecified atom stereocenters. The summed E-state index contributed by atoms with van der Waals surface area (Å²) in [5.74, 6) is -1.89. The SMILES string of the molecule is CC(=NCCC[C@@H](N)C(=O)O)C1C(=O)CC(C)(C)CC1=O. The Hall–Kier alpha value is -1.56. The number of carboxylic acid groups (broad SMARTS) is 1. The highest BCUT2D eigenvalue weighted by Gasteiger charge is 2.40. The van der Waals surface area contributed by atoms with E-state index < -0.39 is 17.9 Å². The Morgan fingerprint density at radius 3 is 2.38 bits per heavy atom. The molecule has 1 aliphatic rings. The number of Topliss-reactive ketones (excluding diaryl/α,β-unsaturated/α-hetero) is 2. The molecule has 1 rings (SSSR count). The molecule has 0 radical (unpaired) electrons. The summed E-state index contributed by atoms with van der Waals surface area (Å²) >= 11 is 0. The summed E-state index contributed by atoms with van der Waals surface area (Å²) in [4.78, 5) is 39.0. The second kappa shape index (κ2) is 6.93. The first-order chi connectivity index (χ1) is 9.64. The average molecular weight is 296 g/mol. The second-order valence-corrected chi connectivity index (χ2v) is 6.49. The van der Waals surface area contributed by atoms with Gasteiger partial charge in [0.25, 0.3) is 0 Å². The molecule has 3 N–H and O–H groups in total. The molecule has 0 bridgehead atoms. The molecule has 0 heterocycles. The summed E-state index contributed by atoms with van der Waals surface area (Å²) in [6.07, 6.45) is 1.62. The van der Waals surface area contributed by atoms with Crippen molar-refractivity contribution in [2.24, 2.45) is 22.1 Å². The fourth-order valence-electron chi connectivity index (χ4n) is 2.64. The quantitative estimate of drug-likeness (QED) is 0.435. The van der Waals surface area contributed by atoms with E-state index in [0.717, 1.165) is 0 Å². The van der Waals surface area contributed by atoms with Crippen molar-refractivity contribution in [1.29, 1.82) is 0 Å². The maximum atomic E-state index is 12.1. The Balaban J connectivity index is 2.56. The first-order valence-electron chi connectivity index (χ1n) is 7.19. The van der Waals surface area contributed by atoms with E-state index in [2.05, 4.69) is 4.99 Å². The third-order valence-corrected chi connectivity index (χ3v) is 3.72. The summed E-state index contributed by atoms with van der Waals surface area (Å²) in [6.45, 7) is 5.90. The van der Waals surface area contributed by atoms with Crippen LogP contribution in [0, 0.1) is 11.3 Å². The molecule has 0 aromatic carbocycles. The first-order valence-corrected chi connectivity index (χ1v) is 7.19. The van der Waals surface area contributed by atoms with Gasteiger partial charge in [-0.2, -0.15) is 0 Å². The molecule has 118 valence electrons. The van der Waals surface area contributed by atoms with Crippen molar-refractivity contribution in [2.45, 2.75) is 52.5 Å². The van der Waals surface area contributed by atoms with E-state index in [0.29, 0.717) is 37.9 Å². The lowest BCUT2D eigenvalue weighted by molar-refractivity contribution is -0.139. The van der Waals surface area contributed by atoms with Gasteiger partial charge < -0.3 is 10.8 Å². The predicted molar refractivity (Wildman–Crippen MR) is 79.3 cm³/mol. The number of aliphatic carboxylic acids is 1. The number of aliphatic imine (C=N–C) groups is 1. The highest BCUT2D eigenvalue weighted by Crippen LogP contribution is 2.34. The van der Waals surface area contributed by atoms with E-state index in [1.54, 1.807) is 6.92 Å². The fourth-order valence-corrected chi connectivity index (χ4v) is 2.64. The molecule has 6 nitrogen and oxygen atoms in total. The molecule has 0 amide bonds. The van der Waals surface area contributed by atoms with Crippen LogP contribution in [-0.2, 0) is 14.4 Å². The van der Waals surface area contributed by atoms with Crippen LogP contribution >= 0.6 is 0 Å². The van der Waals surface area contributed by atoms with Crippen LogP contribution in [0.5, 0.6) is 0 Å². The highest BCUT2D eigenvalue weighted by molar-refractivity contribution is 6.21. The number of ketones is 2. The molecule has 0 aliphatic heterocycles. The van der Waals surface area contributed by atoms with Crippen LogP contribution in [0.2, 0.25) is 0 Å². The smallest absolute Gasteiger partial charge is 0.320 e. The molecule has 0 aromatic heterocycles. The van der Waals surface area contributed by atoms with Crippen molar-refractivity contribution in [3.05, 3.63) is 0 Å². The second-order valence-electron chi connectivity index (χ2n) is 6.49. The zero-order valence-corrected chi connectivity index (χ0v) is 12.9. The summed E-state index contributed by atoms with van der Waals surface area (Å²) in [5, 5.41) is 8.66. The topological polar surface area (TPSA) is 110 Å². The molecular formula is C15H24N2O4. The van der Waals surface area contributed by atoms with Crippen molar-refractivity contribution in [3.8, 4) is 0 Å². The monoisotopic (exact) mass is 296 g/mol. The number of carbonyl (C=O) groups excluding carboxylic acids is 2. The number of hydrogen-bond acceptors (Lipinski definition) is 5. The molecule has 0 saturated heterocycles. The minimum atomic E-state index is -1.03. The minimum absolute atomic E-state index is 0.0697. The van der Waals surface area contributed by atoms with Gasteiger partial charge >= 0.3 is 5.97 Å². The number of nitrogens with two attached hydrogens (primary N) is 1. The largest absolute Gasteiger partial charge is 0.480 e. The minimum Gasteiger partial charge on any atom is -0.480 e. The van der Waals surface area contributed by atoms with Crippen LogP contribution < -0.4 is 5.73 Å². The van der Waals surface area contributed by atoms with Gasteiger partial charge in [0.15, 0.2) is 0 Å². The van der Waals surface area contributed by atoms with Crippen LogP contribution in [0.3, 0.4) is 0 Å². The van der Waals surface area contributed by atoms with Gasteiger partial charge in [-0.3, -0.25) is 19.4 Å². The van der Waals surface area contributed by atoms with Crippen LogP contribution in [0.1, 0.15) is 46.5 Å². The Labute approximate surface area is 124 Å². The summed E-state index contributed by atoms with van der Waals surface area (Å²) in [6, 6.07) is -0.890. The average Bonchev–Trinajstić information content (AvgIpc) is 2.31. The molecule has 0 aromatic rings. The molecule has 1 saturated carbocycles. The van der Waals surface area contributed by atoms with Gasteiger partial charge in [0.1, 0.15) is 23.5 Å². The van der Waals surface area contributed by atoms with Crippen molar-refractivity contribution >= 4 is 23.2 Å². The maximum Gasteiger partial charge on any atom is 0.320 e. The summed E-state index contributed by atoms with van der Waals surface area (Å²) < 4.78 is 0. The number of rotatable bonds is 6. The molecule has 1 atom stereocenters. The van der Waals surface area contributed by atoms with E-state index in [-0.39, 0.29) is 17.0 Å². The van der Waals surface area contributed by atoms with Crippen molar-refractivity contribution in [2.75, 3.05) is 6.54 Å². The van der Waals surface area contributed by atoms with E-state index in [1.807, 2.05) is 13.8 Å². The number of carboxylic acids is 1. The van der Waals surface area contributed by atoms with Gasteiger partial charge in [0.2, 0.25) is 0 Å². The number of carbonyl (C=O) groups is 3. The van der Waals surface area contributed by atoms with Gasteiger partial charge in [-0.1, -0.05) is 13.8 Å². The van der Waals surface area contributed by atoms with Crippen LogP contribution in [0.25, 0.3) is 0 Å². The molecule has 1 fully saturated rings. The molecule has 1 aliphatic carbocycles. The molecule has 21 heavy (non-hydrogen) atoms. The van der Waals surface area contributed by atoms with Gasteiger partial charge in [0.05, 0.1) is 0 Å².